The molecule has 1 saturated heterocycles. The van der Waals surface area contributed by atoms with Crippen molar-refractivity contribution < 1.29 is 4.79 Å². The van der Waals surface area contributed by atoms with Gasteiger partial charge in [0.05, 0.1) is 6.04 Å². The molecule has 0 saturated carbocycles. The number of likely N-dealkylation sites (N-methyl/N-ethyl adjacent to an activating group) is 1. The van der Waals surface area contributed by atoms with E-state index >= 15 is 0 Å². The van der Waals surface area contributed by atoms with Crippen LogP contribution in [0.5, 0.6) is 0 Å². The molecular weight excluding hydrogens is 164 g/mol. The van der Waals surface area contributed by atoms with Crippen molar-refractivity contribution >= 4 is 5.78 Å². The van der Waals surface area contributed by atoms with Gasteiger partial charge in [-0.05, 0) is 19.3 Å². The zero-order valence-corrected chi connectivity index (χ0v) is 8.84. The highest BCUT2D eigenvalue weighted by atomic mass is 16.1. The van der Waals surface area contributed by atoms with Crippen molar-refractivity contribution in [2.75, 3.05) is 7.05 Å². The quantitative estimate of drug-likeness (QED) is 0.715. The van der Waals surface area contributed by atoms with Crippen molar-refractivity contribution in [2.45, 2.75) is 51.6 Å². The Balaban J connectivity index is 2.46. The molecule has 0 aromatic carbocycles. The van der Waals surface area contributed by atoms with Gasteiger partial charge in [0.2, 0.25) is 0 Å². The Morgan fingerprint density at radius 2 is 2.23 bits per heavy atom. The largest absolute Gasteiger partial charge is 0.298 e. The standard InChI is InChI=1S/C10H20N2O/c1-4-6-10(13)9-7-8(5-2)11-12(9)3/h8-9,11H,4-7H2,1-3H3. The Kier molecular flexibility index (Phi) is 3.88. The van der Waals surface area contributed by atoms with Gasteiger partial charge in [-0.25, -0.2) is 5.01 Å². The van der Waals surface area contributed by atoms with Gasteiger partial charge in [-0.2, -0.15) is 0 Å². The van der Waals surface area contributed by atoms with Crippen LogP contribution in [0.3, 0.4) is 0 Å². The topological polar surface area (TPSA) is 32.3 Å². The number of ketones is 1. The maximum Gasteiger partial charge on any atom is 0.151 e. The van der Waals surface area contributed by atoms with Crippen LogP contribution in [0.2, 0.25) is 0 Å². The van der Waals surface area contributed by atoms with Gasteiger partial charge in [0, 0.05) is 19.5 Å². The van der Waals surface area contributed by atoms with E-state index in [1.165, 1.54) is 0 Å². The zero-order valence-electron chi connectivity index (χ0n) is 8.84. The van der Waals surface area contributed by atoms with E-state index < -0.39 is 0 Å². The lowest BCUT2D eigenvalue weighted by atomic mass is 10.0. The molecule has 13 heavy (non-hydrogen) atoms. The Morgan fingerprint density at radius 1 is 1.54 bits per heavy atom. The van der Waals surface area contributed by atoms with Gasteiger partial charge in [0.1, 0.15) is 0 Å². The van der Waals surface area contributed by atoms with E-state index in [-0.39, 0.29) is 6.04 Å². The number of carbonyl (C=O) groups is 1. The smallest absolute Gasteiger partial charge is 0.151 e. The lowest BCUT2D eigenvalue weighted by Gasteiger charge is -2.17. The third-order valence-electron chi connectivity index (χ3n) is 2.72. The van der Waals surface area contributed by atoms with Crippen LogP contribution in [0.4, 0.5) is 0 Å². The molecule has 1 rings (SSSR count). The summed E-state index contributed by atoms with van der Waals surface area (Å²) in [5.41, 5.74) is 3.31. The SMILES string of the molecule is CCCC(=O)C1CC(CC)NN1C. The normalized spacial score (nSPS) is 29.5. The second-order valence-corrected chi connectivity index (χ2v) is 3.81. The van der Waals surface area contributed by atoms with Gasteiger partial charge in [0.15, 0.2) is 5.78 Å². The molecule has 0 aliphatic carbocycles. The van der Waals surface area contributed by atoms with Gasteiger partial charge in [-0.3, -0.25) is 10.2 Å². The third kappa shape index (κ3) is 2.51. The van der Waals surface area contributed by atoms with Crippen molar-refractivity contribution in [2.24, 2.45) is 0 Å². The molecule has 1 N–H and O–H groups in total. The van der Waals surface area contributed by atoms with Crippen molar-refractivity contribution in [3.63, 3.8) is 0 Å². The second-order valence-electron chi connectivity index (χ2n) is 3.81. The van der Waals surface area contributed by atoms with Crippen molar-refractivity contribution in [1.82, 2.24) is 10.4 Å². The molecule has 0 bridgehead atoms. The van der Waals surface area contributed by atoms with E-state index in [4.69, 9.17) is 0 Å². The van der Waals surface area contributed by atoms with Gasteiger partial charge in [-0.1, -0.05) is 13.8 Å². The number of hydrogen-bond acceptors (Lipinski definition) is 3. The highest BCUT2D eigenvalue weighted by molar-refractivity contribution is 5.84. The van der Waals surface area contributed by atoms with Gasteiger partial charge in [0.25, 0.3) is 0 Å². The number of rotatable bonds is 4. The van der Waals surface area contributed by atoms with E-state index in [1.807, 2.05) is 12.1 Å². The Morgan fingerprint density at radius 3 is 2.69 bits per heavy atom. The molecule has 1 aliphatic heterocycles. The summed E-state index contributed by atoms with van der Waals surface area (Å²) in [5, 5.41) is 1.98. The molecule has 2 unspecified atom stereocenters. The third-order valence-corrected chi connectivity index (χ3v) is 2.72. The average Bonchev–Trinajstić information content (AvgIpc) is 2.47. The molecule has 1 fully saturated rings. The molecule has 3 heteroatoms. The minimum atomic E-state index is 0.116. The average molecular weight is 184 g/mol. The van der Waals surface area contributed by atoms with Crippen LogP contribution in [0, 0.1) is 0 Å². The fourth-order valence-electron chi connectivity index (χ4n) is 1.88. The molecule has 76 valence electrons. The highest BCUT2D eigenvalue weighted by Gasteiger charge is 2.32. The van der Waals surface area contributed by atoms with Crippen LogP contribution in [0.25, 0.3) is 0 Å². The van der Waals surface area contributed by atoms with E-state index in [9.17, 15) is 4.79 Å². The number of nitrogens with zero attached hydrogens (tertiary/aromatic N) is 1. The second kappa shape index (κ2) is 4.72. The maximum absolute atomic E-state index is 11.6. The molecule has 2 atom stereocenters. The van der Waals surface area contributed by atoms with Crippen LogP contribution >= 0.6 is 0 Å². The summed E-state index contributed by atoms with van der Waals surface area (Å²) in [6.07, 6.45) is 3.75. The number of Topliss-reactive ketones (excluding diaryl/α,β-unsaturated/α-hetero) is 1. The summed E-state index contributed by atoms with van der Waals surface area (Å²) in [6.45, 7) is 4.20. The fraction of sp³-hybridized carbons (Fsp3) is 0.900. The molecule has 0 amide bonds. The lowest BCUT2D eigenvalue weighted by molar-refractivity contribution is -0.123. The monoisotopic (exact) mass is 184 g/mol. The predicted octanol–water partition coefficient (Wildman–Crippen LogP) is 1.34. The summed E-state index contributed by atoms with van der Waals surface area (Å²) in [6, 6.07) is 0.612. The van der Waals surface area contributed by atoms with Crippen LogP contribution in [-0.2, 0) is 4.79 Å². The van der Waals surface area contributed by atoms with E-state index in [1.54, 1.807) is 0 Å². The van der Waals surface area contributed by atoms with Crippen LogP contribution in [0.15, 0.2) is 0 Å². The minimum Gasteiger partial charge on any atom is -0.298 e. The van der Waals surface area contributed by atoms with Crippen LogP contribution in [0.1, 0.15) is 39.5 Å². The molecular formula is C10H20N2O. The summed E-state index contributed by atoms with van der Waals surface area (Å²) in [7, 11) is 1.97. The molecule has 0 radical (unpaired) electrons. The molecule has 1 aliphatic rings. The molecule has 0 aromatic rings. The van der Waals surface area contributed by atoms with E-state index in [0.29, 0.717) is 18.2 Å². The van der Waals surface area contributed by atoms with Crippen LogP contribution in [-0.4, -0.2) is 29.9 Å². The molecule has 0 aromatic heterocycles. The van der Waals surface area contributed by atoms with Gasteiger partial charge < -0.3 is 0 Å². The lowest BCUT2D eigenvalue weighted by Crippen LogP contribution is -2.39. The fourth-order valence-corrected chi connectivity index (χ4v) is 1.88. The molecule has 0 spiro atoms. The first kappa shape index (κ1) is 10.7. The zero-order chi connectivity index (χ0) is 9.84. The van der Waals surface area contributed by atoms with Crippen molar-refractivity contribution in [1.29, 1.82) is 0 Å². The predicted molar refractivity (Wildman–Crippen MR) is 53.3 cm³/mol. The Hall–Kier alpha value is -0.410. The number of hydrazine groups is 1. The maximum atomic E-state index is 11.6. The first-order valence-corrected chi connectivity index (χ1v) is 5.20. The molecule has 3 nitrogen and oxygen atoms in total. The summed E-state index contributed by atoms with van der Waals surface area (Å²) >= 11 is 0. The first-order valence-electron chi connectivity index (χ1n) is 5.20. The Labute approximate surface area is 80.5 Å². The van der Waals surface area contributed by atoms with Crippen LogP contribution < -0.4 is 5.43 Å². The minimum absolute atomic E-state index is 0.116. The first-order chi connectivity index (χ1) is 6.19. The van der Waals surface area contributed by atoms with Crippen molar-refractivity contribution in [3.05, 3.63) is 0 Å². The number of carbonyl (C=O) groups excluding carboxylic acids is 1. The summed E-state index contributed by atoms with van der Waals surface area (Å²) < 4.78 is 0. The van der Waals surface area contributed by atoms with Crippen molar-refractivity contribution in [3.8, 4) is 0 Å². The Bertz CT molecular complexity index is 182. The summed E-state index contributed by atoms with van der Waals surface area (Å²) in [4.78, 5) is 11.6. The number of hydrogen-bond donors (Lipinski definition) is 1. The van der Waals surface area contributed by atoms with E-state index in [2.05, 4.69) is 19.3 Å². The van der Waals surface area contributed by atoms with E-state index in [0.717, 1.165) is 19.3 Å². The molecule has 1 heterocycles. The van der Waals surface area contributed by atoms with Gasteiger partial charge in [-0.15, -0.1) is 0 Å². The highest BCUT2D eigenvalue weighted by Crippen LogP contribution is 2.17. The van der Waals surface area contributed by atoms with Gasteiger partial charge >= 0.3 is 0 Å². The summed E-state index contributed by atoms with van der Waals surface area (Å²) in [5.74, 6) is 0.383. The number of nitrogens with one attached hydrogen (secondary N) is 1.